The molecule has 0 radical (unpaired) electrons. The Morgan fingerprint density at radius 3 is 1.52 bits per heavy atom. The van der Waals surface area contributed by atoms with E-state index >= 15 is 0 Å². The van der Waals surface area contributed by atoms with Crippen LogP contribution in [0.4, 0.5) is 0 Å². The standard InChI is InChI=1S/C55H36S/c1-55(2)47-31-28-34(32-46(47)51-42-24-12-13-25-44(42)54-52(53(51)55)45-26-14-15-27-48(45)56-54)49-38-20-8-10-22-40(38)50(41-23-11-9-21-39(41)49)43-30-29-35(33-16-4-3-5-17-33)36-18-6-7-19-37(36)43/h3-32H,1-2H3. The van der Waals surface area contributed by atoms with Gasteiger partial charge in [-0.1, -0.05) is 184 Å². The van der Waals surface area contributed by atoms with E-state index in [9.17, 15) is 0 Å². The van der Waals surface area contributed by atoms with Crippen molar-refractivity contribution in [2.45, 2.75) is 19.3 Å². The fourth-order valence-corrected chi connectivity index (χ4v) is 11.5. The summed E-state index contributed by atoms with van der Waals surface area (Å²) >= 11 is 1.94. The van der Waals surface area contributed by atoms with E-state index in [4.69, 9.17) is 0 Å². The summed E-state index contributed by atoms with van der Waals surface area (Å²) < 4.78 is 2.76. The maximum atomic E-state index is 2.52. The van der Waals surface area contributed by atoms with Gasteiger partial charge in [0.2, 0.25) is 0 Å². The van der Waals surface area contributed by atoms with Crippen molar-refractivity contribution < 1.29 is 0 Å². The van der Waals surface area contributed by atoms with Crippen molar-refractivity contribution >= 4 is 74.6 Å². The molecule has 0 atom stereocenters. The van der Waals surface area contributed by atoms with Crippen LogP contribution < -0.4 is 0 Å². The maximum Gasteiger partial charge on any atom is 0.0437 e. The maximum absolute atomic E-state index is 2.52. The molecule has 1 heterocycles. The van der Waals surface area contributed by atoms with Crippen LogP contribution in [0.5, 0.6) is 0 Å². The molecule has 1 aromatic heterocycles. The third-order valence-electron chi connectivity index (χ3n) is 12.6. The smallest absolute Gasteiger partial charge is 0.0437 e. The zero-order valence-corrected chi connectivity index (χ0v) is 32.0. The first-order chi connectivity index (χ1) is 27.6. The van der Waals surface area contributed by atoms with Gasteiger partial charge in [-0.05, 0) is 105 Å². The van der Waals surface area contributed by atoms with Crippen LogP contribution >= 0.6 is 11.3 Å². The molecule has 0 saturated heterocycles. The highest BCUT2D eigenvalue weighted by atomic mass is 32.1. The summed E-state index contributed by atoms with van der Waals surface area (Å²) in [5.41, 5.74) is 13.1. The first kappa shape index (κ1) is 31.8. The Morgan fingerprint density at radius 2 is 0.857 bits per heavy atom. The van der Waals surface area contributed by atoms with Gasteiger partial charge in [-0.2, -0.15) is 0 Å². The van der Waals surface area contributed by atoms with Crippen LogP contribution in [0.15, 0.2) is 182 Å². The van der Waals surface area contributed by atoms with Gasteiger partial charge in [-0.25, -0.2) is 0 Å². The van der Waals surface area contributed by atoms with Gasteiger partial charge in [0, 0.05) is 31.0 Å². The Hall–Kier alpha value is -6.54. The Bertz CT molecular complexity index is 3380. The SMILES string of the molecule is CC1(C)c2ccc(-c3c4ccccc4c(-c4ccc(-c5ccccc5)c5ccccc45)c4ccccc34)cc2-c2c1c1c3ccccc3sc1c1ccccc21. The molecule has 0 unspecified atom stereocenters. The van der Waals surface area contributed by atoms with Gasteiger partial charge >= 0.3 is 0 Å². The lowest BCUT2D eigenvalue weighted by atomic mass is 9.79. The molecule has 262 valence electrons. The van der Waals surface area contributed by atoms with Gasteiger partial charge in [0.1, 0.15) is 0 Å². The van der Waals surface area contributed by atoms with Gasteiger partial charge < -0.3 is 0 Å². The van der Waals surface area contributed by atoms with E-state index in [0.29, 0.717) is 0 Å². The van der Waals surface area contributed by atoms with E-state index in [1.807, 2.05) is 11.3 Å². The molecular formula is C55H36S. The first-order valence-corrected chi connectivity index (χ1v) is 20.4. The Balaban J connectivity index is 1.15. The minimum absolute atomic E-state index is 0.156. The van der Waals surface area contributed by atoms with Crippen molar-refractivity contribution in [1.29, 1.82) is 0 Å². The first-order valence-electron chi connectivity index (χ1n) is 19.6. The van der Waals surface area contributed by atoms with Crippen LogP contribution in [0.3, 0.4) is 0 Å². The van der Waals surface area contributed by atoms with Crippen molar-refractivity contribution in [3.8, 4) is 44.5 Å². The van der Waals surface area contributed by atoms with Crippen LogP contribution in [-0.4, -0.2) is 0 Å². The van der Waals surface area contributed by atoms with E-state index in [1.54, 1.807) is 0 Å². The molecule has 1 heteroatoms. The molecule has 1 aliphatic carbocycles. The third-order valence-corrected chi connectivity index (χ3v) is 13.8. The van der Waals surface area contributed by atoms with Crippen LogP contribution in [0, 0.1) is 0 Å². The molecule has 0 spiro atoms. The highest BCUT2D eigenvalue weighted by Crippen LogP contribution is 2.58. The number of thiophene rings is 1. The van der Waals surface area contributed by atoms with Crippen LogP contribution in [-0.2, 0) is 5.41 Å². The van der Waals surface area contributed by atoms with Gasteiger partial charge in [0.25, 0.3) is 0 Å². The highest BCUT2D eigenvalue weighted by Gasteiger charge is 2.39. The van der Waals surface area contributed by atoms with Gasteiger partial charge in [-0.3, -0.25) is 0 Å². The lowest BCUT2D eigenvalue weighted by Gasteiger charge is -2.23. The van der Waals surface area contributed by atoms with E-state index in [-0.39, 0.29) is 5.41 Å². The molecule has 0 fully saturated rings. The summed E-state index contributed by atoms with van der Waals surface area (Å²) in [6.45, 7) is 4.87. The summed E-state index contributed by atoms with van der Waals surface area (Å²) in [7, 11) is 0. The van der Waals surface area contributed by atoms with Crippen molar-refractivity contribution in [2.24, 2.45) is 0 Å². The zero-order chi connectivity index (χ0) is 37.1. The molecule has 0 amide bonds. The summed E-state index contributed by atoms with van der Waals surface area (Å²) in [6, 6.07) is 68.0. The summed E-state index contributed by atoms with van der Waals surface area (Å²) in [5.74, 6) is 0. The number of hydrogen-bond acceptors (Lipinski definition) is 1. The average molecular weight is 729 g/mol. The average Bonchev–Trinajstić information content (AvgIpc) is 3.75. The predicted octanol–water partition coefficient (Wildman–Crippen LogP) is 16.0. The molecule has 0 nitrogen and oxygen atoms in total. The minimum atomic E-state index is -0.156. The largest absolute Gasteiger partial charge is 0.135 e. The monoisotopic (exact) mass is 728 g/mol. The number of rotatable bonds is 3. The van der Waals surface area contributed by atoms with E-state index < -0.39 is 0 Å². The summed E-state index contributed by atoms with van der Waals surface area (Å²) in [6.07, 6.45) is 0. The normalized spacial score (nSPS) is 13.3. The summed E-state index contributed by atoms with van der Waals surface area (Å²) in [5, 5.41) is 13.1. The molecule has 10 aromatic carbocycles. The summed E-state index contributed by atoms with van der Waals surface area (Å²) in [4.78, 5) is 0. The third kappa shape index (κ3) is 4.29. The molecule has 56 heavy (non-hydrogen) atoms. The zero-order valence-electron chi connectivity index (χ0n) is 31.2. The number of hydrogen-bond donors (Lipinski definition) is 0. The van der Waals surface area contributed by atoms with E-state index in [1.165, 1.54) is 119 Å². The Kier molecular flexibility index (Phi) is 6.66. The molecule has 0 bridgehead atoms. The Morgan fingerprint density at radius 1 is 0.357 bits per heavy atom. The topological polar surface area (TPSA) is 0 Å². The molecule has 12 rings (SSSR count). The molecule has 0 aliphatic heterocycles. The van der Waals surface area contributed by atoms with Gasteiger partial charge in [0.15, 0.2) is 0 Å². The van der Waals surface area contributed by atoms with Crippen molar-refractivity contribution in [2.75, 3.05) is 0 Å². The van der Waals surface area contributed by atoms with E-state index in [0.717, 1.165) is 0 Å². The van der Waals surface area contributed by atoms with Crippen molar-refractivity contribution in [1.82, 2.24) is 0 Å². The number of fused-ring (bicyclic) bond motifs is 13. The molecule has 0 N–H and O–H groups in total. The second-order valence-corrected chi connectivity index (χ2v) is 16.9. The molecular weight excluding hydrogens is 693 g/mol. The van der Waals surface area contributed by atoms with Crippen LogP contribution in [0.25, 0.3) is 108 Å². The van der Waals surface area contributed by atoms with Crippen LogP contribution in [0.1, 0.15) is 25.0 Å². The molecule has 1 aliphatic rings. The lowest BCUT2D eigenvalue weighted by molar-refractivity contribution is 0.667. The van der Waals surface area contributed by atoms with Gasteiger partial charge in [0.05, 0.1) is 0 Å². The fraction of sp³-hybridized carbons (Fsp3) is 0.0545. The second-order valence-electron chi connectivity index (χ2n) is 15.9. The molecule has 11 aromatic rings. The van der Waals surface area contributed by atoms with E-state index in [2.05, 4.69) is 196 Å². The predicted molar refractivity (Wildman–Crippen MR) is 243 cm³/mol. The minimum Gasteiger partial charge on any atom is -0.135 e. The number of benzene rings is 10. The van der Waals surface area contributed by atoms with Gasteiger partial charge in [-0.15, -0.1) is 11.3 Å². The fourth-order valence-electron chi connectivity index (χ4n) is 10.2. The highest BCUT2D eigenvalue weighted by molar-refractivity contribution is 7.26. The quantitative estimate of drug-likeness (QED) is 0.159. The second kappa shape index (κ2) is 11.7. The Labute approximate surface area is 329 Å². The molecule has 0 saturated carbocycles. The van der Waals surface area contributed by atoms with Crippen molar-refractivity contribution in [3.63, 3.8) is 0 Å². The lowest BCUT2D eigenvalue weighted by Crippen LogP contribution is -2.15. The van der Waals surface area contributed by atoms with Crippen LogP contribution in [0.2, 0.25) is 0 Å². The van der Waals surface area contributed by atoms with Crippen molar-refractivity contribution in [3.05, 3.63) is 193 Å².